The summed E-state index contributed by atoms with van der Waals surface area (Å²) in [6.45, 7) is 3.60. The van der Waals surface area contributed by atoms with Gasteiger partial charge in [-0.2, -0.15) is 0 Å². The van der Waals surface area contributed by atoms with Crippen LogP contribution in [0.5, 0.6) is 0 Å². The van der Waals surface area contributed by atoms with E-state index in [0.29, 0.717) is 26.1 Å². The van der Waals surface area contributed by atoms with Gasteiger partial charge >= 0.3 is 0 Å². The maximum absolute atomic E-state index is 12.8. The molecule has 0 aromatic carbocycles. The van der Waals surface area contributed by atoms with E-state index in [4.69, 9.17) is 4.74 Å². The highest BCUT2D eigenvalue weighted by Crippen LogP contribution is 2.27. The smallest absolute Gasteiger partial charge is 0.237 e. The quantitative estimate of drug-likeness (QED) is 0.644. The van der Waals surface area contributed by atoms with Gasteiger partial charge in [-0.3, -0.25) is 19.5 Å². The number of carbonyl (C=O) groups is 2. The molecule has 4 atom stereocenters. The SMILES string of the molecule is COC[C@@H]1CCCN1C(=O)CC[C@H]1CNC(=O)[C@H]2C[C@H](NCc3ccccn3)CN12. The van der Waals surface area contributed by atoms with Gasteiger partial charge in [-0.1, -0.05) is 6.07 Å². The normalized spacial score (nSPS) is 29.1. The number of hydrogen-bond acceptors (Lipinski definition) is 6. The third-order valence-corrected chi connectivity index (χ3v) is 6.67. The molecule has 2 N–H and O–H groups in total. The van der Waals surface area contributed by atoms with Crippen LogP contribution in [-0.4, -0.2) is 84.1 Å². The summed E-state index contributed by atoms with van der Waals surface area (Å²) in [6, 6.07) is 6.48. The molecule has 1 aromatic heterocycles. The molecule has 2 amide bonds. The number of fused-ring (bicyclic) bond motifs is 1. The maximum Gasteiger partial charge on any atom is 0.237 e. The molecule has 4 heterocycles. The summed E-state index contributed by atoms with van der Waals surface area (Å²) in [5.41, 5.74) is 1.00. The van der Waals surface area contributed by atoms with E-state index in [1.807, 2.05) is 23.1 Å². The zero-order valence-corrected chi connectivity index (χ0v) is 17.8. The largest absolute Gasteiger partial charge is 0.383 e. The van der Waals surface area contributed by atoms with Gasteiger partial charge in [-0.25, -0.2) is 0 Å². The van der Waals surface area contributed by atoms with Gasteiger partial charge in [0.2, 0.25) is 11.8 Å². The van der Waals surface area contributed by atoms with E-state index < -0.39 is 0 Å². The highest BCUT2D eigenvalue weighted by molar-refractivity contribution is 5.83. The van der Waals surface area contributed by atoms with Crippen LogP contribution in [0, 0.1) is 0 Å². The second kappa shape index (κ2) is 9.85. The summed E-state index contributed by atoms with van der Waals surface area (Å²) in [6.07, 6.45) is 5.97. The Morgan fingerprint density at radius 1 is 1.37 bits per heavy atom. The van der Waals surface area contributed by atoms with E-state index in [1.165, 1.54) is 0 Å². The zero-order chi connectivity index (χ0) is 20.9. The van der Waals surface area contributed by atoms with Crippen LogP contribution >= 0.6 is 0 Å². The Kier molecular flexibility index (Phi) is 6.97. The first-order valence-electron chi connectivity index (χ1n) is 11.1. The number of carbonyl (C=O) groups excluding carboxylic acids is 2. The van der Waals surface area contributed by atoms with E-state index in [-0.39, 0.29) is 36.0 Å². The highest BCUT2D eigenvalue weighted by Gasteiger charge is 2.43. The van der Waals surface area contributed by atoms with Gasteiger partial charge in [-0.05, 0) is 37.8 Å². The summed E-state index contributed by atoms with van der Waals surface area (Å²) in [5.74, 6) is 0.325. The average Bonchev–Trinajstić information content (AvgIpc) is 3.40. The van der Waals surface area contributed by atoms with Crippen LogP contribution in [0.2, 0.25) is 0 Å². The Labute approximate surface area is 178 Å². The fourth-order valence-electron chi connectivity index (χ4n) is 5.11. The number of rotatable bonds is 8. The number of likely N-dealkylation sites (tertiary alicyclic amines) is 1. The lowest BCUT2D eigenvalue weighted by atomic mass is 10.0. The first-order valence-corrected chi connectivity index (χ1v) is 11.1. The standard InChI is InChI=1S/C22H33N5O3/c1-30-15-19-6-4-10-26(19)21(28)8-7-18-13-25-22(29)20-11-17(14-27(18)20)24-12-16-5-2-3-9-23-16/h2-3,5,9,17-20,24H,4,6-8,10-15H2,1H3,(H,25,29)/t17-,18-,19-,20+/m0/s1. The highest BCUT2D eigenvalue weighted by atomic mass is 16.5. The van der Waals surface area contributed by atoms with Crippen LogP contribution in [0.3, 0.4) is 0 Å². The Bertz CT molecular complexity index is 731. The summed E-state index contributed by atoms with van der Waals surface area (Å²) in [5, 5.41) is 6.61. The minimum absolute atomic E-state index is 0.104. The van der Waals surface area contributed by atoms with Gasteiger partial charge in [-0.15, -0.1) is 0 Å². The van der Waals surface area contributed by atoms with Crippen LogP contribution < -0.4 is 10.6 Å². The Morgan fingerprint density at radius 2 is 2.27 bits per heavy atom. The number of nitrogens with zero attached hydrogens (tertiary/aromatic N) is 3. The van der Waals surface area contributed by atoms with Crippen LogP contribution in [0.25, 0.3) is 0 Å². The predicted octanol–water partition coefficient (Wildman–Crippen LogP) is 0.530. The lowest BCUT2D eigenvalue weighted by Gasteiger charge is -2.37. The van der Waals surface area contributed by atoms with Gasteiger partial charge < -0.3 is 20.3 Å². The minimum atomic E-state index is -0.104. The third kappa shape index (κ3) is 4.82. The molecule has 3 aliphatic rings. The molecule has 3 aliphatic heterocycles. The van der Waals surface area contributed by atoms with Gasteiger partial charge in [0.25, 0.3) is 0 Å². The topological polar surface area (TPSA) is 86.8 Å². The van der Waals surface area contributed by atoms with Crippen molar-refractivity contribution in [1.29, 1.82) is 0 Å². The molecule has 0 unspecified atom stereocenters. The van der Waals surface area contributed by atoms with Crippen molar-refractivity contribution in [3.8, 4) is 0 Å². The summed E-state index contributed by atoms with van der Waals surface area (Å²) < 4.78 is 5.27. The molecule has 0 spiro atoms. The van der Waals surface area contributed by atoms with E-state index in [9.17, 15) is 9.59 Å². The Morgan fingerprint density at radius 3 is 3.07 bits per heavy atom. The minimum Gasteiger partial charge on any atom is -0.383 e. The average molecular weight is 416 g/mol. The molecule has 4 rings (SSSR count). The number of piperazine rings is 1. The fraction of sp³-hybridized carbons (Fsp3) is 0.682. The number of aromatic nitrogens is 1. The lowest BCUT2D eigenvalue weighted by Crippen LogP contribution is -2.58. The summed E-state index contributed by atoms with van der Waals surface area (Å²) in [4.78, 5) is 33.9. The van der Waals surface area contributed by atoms with Crippen molar-refractivity contribution in [3.63, 3.8) is 0 Å². The number of pyridine rings is 1. The van der Waals surface area contributed by atoms with Gasteiger partial charge in [0.15, 0.2) is 0 Å². The van der Waals surface area contributed by atoms with Crippen LogP contribution in [0.1, 0.15) is 37.8 Å². The van der Waals surface area contributed by atoms with E-state index in [1.54, 1.807) is 13.3 Å². The van der Waals surface area contributed by atoms with Crippen molar-refractivity contribution in [2.45, 2.75) is 62.8 Å². The third-order valence-electron chi connectivity index (χ3n) is 6.67. The first kappa shape index (κ1) is 21.2. The molecule has 8 heteroatoms. The molecule has 8 nitrogen and oxygen atoms in total. The summed E-state index contributed by atoms with van der Waals surface area (Å²) >= 11 is 0. The van der Waals surface area contributed by atoms with E-state index >= 15 is 0 Å². The second-order valence-corrected chi connectivity index (χ2v) is 8.62. The molecule has 3 saturated heterocycles. The molecule has 0 saturated carbocycles. The zero-order valence-electron chi connectivity index (χ0n) is 17.8. The number of ether oxygens (including phenoxy) is 1. The van der Waals surface area contributed by atoms with Crippen molar-refractivity contribution in [1.82, 2.24) is 25.4 Å². The van der Waals surface area contributed by atoms with Crippen LogP contribution in [-0.2, 0) is 20.9 Å². The molecule has 1 aromatic rings. The first-order chi connectivity index (χ1) is 14.7. The van der Waals surface area contributed by atoms with Crippen molar-refractivity contribution >= 4 is 11.8 Å². The second-order valence-electron chi connectivity index (χ2n) is 8.62. The lowest BCUT2D eigenvalue weighted by molar-refractivity contribution is -0.133. The predicted molar refractivity (Wildman–Crippen MR) is 113 cm³/mol. The number of nitrogens with one attached hydrogen (secondary N) is 2. The van der Waals surface area contributed by atoms with Crippen LogP contribution in [0.15, 0.2) is 24.4 Å². The molecule has 164 valence electrons. The van der Waals surface area contributed by atoms with Crippen molar-refractivity contribution in [3.05, 3.63) is 30.1 Å². The fourth-order valence-corrected chi connectivity index (χ4v) is 5.11. The number of methoxy groups -OCH3 is 1. The van der Waals surface area contributed by atoms with Gasteiger partial charge in [0.1, 0.15) is 0 Å². The number of hydrogen-bond donors (Lipinski definition) is 2. The molecule has 0 aliphatic carbocycles. The molecular weight excluding hydrogens is 382 g/mol. The molecule has 30 heavy (non-hydrogen) atoms. The van der Waals surface area contributed by atoms with E-state index in [2.05, 4.69) is 20.5 Å². The van der Waals surface area contributed by atoms with Crippen molar-refractivity contribution < 1.29 is 14.3 Å². The molecule has 0 radical (unpaired) electrons. The van der Waals surface area contributed by atoms with Crippen LogP contribution in [0.4, 0.5) is 0 Å². The van der Waals surface area contributed by atoms with Crippen molar-refractivity contribution in [2.24, 2.45) is 0 Å². The maximum atomic E-state index is 12.8. The van der Waals surface area contributed by atoms with Crippen molar-refractivity contribution in [2.75, 3.05) is 33.4 Å². The van der Waals surface area contributed by atoms with Gasteiger partial charge in [0.05, 0.1) is 24.4 Å². The summed E-state index contributed by atoms with van der Waals surface area (Å²) in [7, 11) is 1.69. The van der Waals surface area contributed by atoms with E-state index in [0.717, 1.165) is 44.5 Å². The Balaban J connectivity index is 1.30. The molecule has 3 fully saturated rings. The monoisotopic (exact) mass is 415 g/mol. The Hall–Kier alpha value is -2.03. The number of amides is 2. The van der Waals surface area contributed by atoms with Gasteiger partial charge in [0, 0.05) is 58.0 Å². The molecule has 0 bridgehead atoms. The molecular formula is C22H33N5O3.